The molecule has 1 saturated carbocycles. The van der Waals surface area contributed by atoms with Gasteiger partial charge in [0.15, 0.2) is 0 Å². The molecule has 0 spiro atoms. The molecule has 3 rings (SSSR count). The second-order valence-corrected chi connectivity index (χ2v) is 6.98. The molecule has 0 aliphatic heterocycles. The molecular weight excluding hydrogens is 282 g/mol. The zero-order chi connectivity index (χ0) is 14.8. The summed E-state index contributed by atoms with van der Waals surface area (Å²) in [4.78, 5) is 15.1. The predicted octanol–water partition coefficient (Wildman–Crippen LogP) is 4.06. The van der Waals surface area contributed by atoms with Gasteiger partial charge in [-0.3, -0.25) is 4.79 Å². The van der Waals surface area contributed by atoms with E-state index >= 15 is 0 Å². The number of carbonyl (C=O) groups is 1. The fourth-order valence-corrected chi connectivity index (χ4v) is 3.35. The van der Waals surface area contributed by atoms with Gasteiger partial charge in [-0.15, -0.1) is 11.3 Å². The SMILES string of the molecule is C[C@@H]1C[C@H]1c1ccc(CCC(=O)N(C)Cc2cccs2)o1. The van der Waals surface area contributed by atoms with Crippen LogP contribution in [0.5, 0.6) is 0 Å². The highest BCUT2D eigenvalue weighted by molar-refractivity contribution is 7.09. The van der Waals surface area contributed by atoms with Crippen molar-refractivity contribution in [1.82, 2.24) is 4.90 Å². The van der Waals surface area contributed by atoms with Crippen molar-refractivity contribution >= 4 is 17.2 Å². The van der Waals surface area contributed by atoms with E-state index in [1.54, 1.807) is 16.2 Å². The van der Waals surface area contributed by atoms with E-state index in [1.807, 2.05) is 24.6 Å². The van der Waals surface area contributed by atoms with E-state index in [0.717, 1.165) is 17.4 Å². The first-order valence-electron chi connectivity index (χ1n) is 7.48. The number of furan rings is 1. The number of thiophene rings is 1. The van der Waals surface area contributed by atoms with Crippen molar-refractivity contribution < 1.29 is 9.21 Å². The summed E-state index contributed by atoms with van der Waals surface area (Å²) in [7, 11) is 1.86. The van der Waals surface area contributed by atoms with Crippen LogP contribution in [0.2, 0.25) is 0 Å². The second kappa shape index (κ2) is 6.06. The van der Waals surface area contributed by atoms with Crippen LogP contribution in [0.4, 0.5) is 0 Å². The molecule has 112 valence electrons. The number of aryl methyl sites for hydroxylation is 1. The molecule has 0 unspecified atom stereocenters. The van der Waals surface area contributed by atoms with Gasteiger partial charge < -0.3 is 9.32 Å². The number of rotatable bonds is 6. The minimum atomic E-state index is 0.168. The third-order valence-electron chi connectivity index (χ3n) is 4.14. The number of nitrogens with zero attached hydrogens (tertiary/aromatic N) is 1. The Kier molecular flexibility index (Phi) is 4.15. The third-order valence-corrected chi connectivity index (χ3v) is 5.00. The van der Waals surface area contributed by atoms with Gasteiger partial charge >= 0.3 is 0 Å². The summed E-state index contributed by atoms with van der Waals surface area (Å²) in [6, 6.07) is 8.17. The first-order valence-corrected chi connectivity index (χ1v) is 8.36. The van der Waals surface area contributed by atoms with Crippen molar-refractivity contribution in [2.75, 3.05) is 7.05 Å². The van der Waals surface area contributed by atoms with Gasteiger partial charge in [-0.1, -0.05) is 13.0 Å². The average Bonchev–Trinajstić information content (AvgIpc) is 2.88. The van der Waals surface area contributed by atoms with Crippen LogP contribution in [0.3, 0.4) is 0 Å². The fourth-order valence-electron chi connectivity index (χ4n) is 2.59. The number of hydrogen-bond donors (Lipinski definition) is 0. The summed E-state index contributed by atoms with van der Waals surface area (Å²) in [5.74, 6) is 3.55. The quantitative estimate of drug-likeness (QED) is 0.806. The van der Waals surface area contributed by atoms with Crippen LogP contribution in [0.1, 0.15) is 42.1 Å². The van der Waals surface area contributed by atoms with Crippen LogP contribution in [-0.4, -0.2) is 17.9 Å². The lowest BCUT2D eigenvalue weighted by molar-refractivity contribution is -0.130. The minimum Gasteiger partial charge on any atom is -0.466 e. The zero-order valence-corrected chi connectivity index (χ0v) is 13.4. The monoisotopic (exact) mass is 303 g/mol. The van der Waals surface area contributed by atoms with Crippen LogP contribution in [0.15, 0.2) is 34.1 Å². The summed E-state index contributed by atoms with van der Waals surface area (Å²) in [6.45, 7) is 2.94. The van der Waals surface area contributed by atoms with Crippen molar-refractivity contribution in [1.29, 1.82) is 0 Å². The topological polar surface area (TPSA) is 33.5 Å². The maximum Gasteiger partial charge on any atom is 0.223 e. The molecule has 1 fully saturated rings. The van der Waals surface area contributed by atoms with Crippen molar-refractivity contribution in [2.24, 2.45) is 5.92 Å². The molecule has 1 amide bonds. The van der Waals surface area contributed by atoms with Crippen LogP contribution < -0.4 is 0 Å². The molecule has 0 saturated heterocycles. The average molecular weight is 303 g/mol. The highest BCUT2D eigenvalue weighted by atomic mass is 32.1. The van der Waals surface area contributed by atoms with Gasteiger partial charge in [0.1, 0.15) is 11.5 Å². The molecule has 4 heteroatoms. The van der Waals surface area contributed by atoms with E-state index in [0.29, 0.717) is 25.3 Å². The maximum absolute atomic E-state index is 12.1. The molecule has 0 aromatic carbocycles. The van der Waals surface area contributed by atoms with E-state index < -0.39 is 0 Å². The van der Waals surface area contributed by atoms with Crippen LogP contribution in [0, 0.1) is 5.92 Å². The lowest BCUT2D eigenvalue weighted by Gasteiger charge is -2.15. The fraction of sp³-hybridized carbons (Fsp3) is 0.471. The zero-order valence-electron chi connectivity index (χ0n) is 12.5. The van der Waals surface area contributed by atoms with E-state index in [-0.39, 0.29) is 5.91 Å². The lowest BCUT2D eigenvalue weighted by Crippen LogP contribution is -2.25. The largest absolute Gasteiger partial charge is 0.466 e. The third kappa shape index (κ3) is 3.56. The summed E-state index contributed by atoms with van der Waals surface area (Å²) in [6.07, 6.45) is 2.43. The molecule has 1 aliphatic rings. The normalized spacial score (nSPS) is 20.5. The van der Waals surface area contributed by atoms with Crippen molar-refractivity contribution in [3.8, 4) is 0 Å². The summed E-state index contributed by atoms with van der Waals surface area (Å²) >= 11 is 1.68. The minimum absolute atomic E-state index is 0.168. The van der Waals surface area contributed by atoms with Crippen LogP contribution >= 0.6 is 11.3 Å². The molecule has 0 N–H and O–H groups in total. The Morgan fingerprint density at radius 1 is 1.43 bits per heavy atom. The molecule has 2 heterocycles. The first-order chi connectivity index (χ1) is 10.1. The number of carbonyl (C=O) groups excluding carboxylic acids is 1. The Labute approximate surface area is 129 Å². The van der Waals surface area contributed by atoms with Gasteiger partial charge in [-0.2, -0.15) is 0 Å². The Bertz CT molecular complexity index is 602. The van der Waals surface area contributed by atoms with E-state index in [1.165, 1.54) is 11.3 Å². The molecule has 0 radical (unpaired) electrons. The van der Waals surface area contributed by atoms with Gasteiger partial charge in [-0.05, 0) is 35.9 Å². The van der Waals surface area contributed by atoms with Gasteiger partial charge in [0.2, 0.25) is 5.91 Å². The van der Waals surface area contributed by atoms with Crippen molar-refractivity contribution in [2.45, 2.75) is 38.6 Å². The van der Waals surface area contributed by atoms with Crippen molar-refractivity contribution in [3.63, 3.8) is 0 Å². The summed E-state index contributed by atoms with van der Waals surface area (Å²) in [5.41, 5.74) is 0. The molecule has 1 aliphatic carbocycles. The lowest BCUT2D eigenvalue weighted by atomic mass is 10.2. The van der Waals surface area contributed by atoms with Gasteiger partial charge in [0, 0.05) is 30.7 Å². The summed E-state index contributed by atoms with van der Waals surface area (Å²) in [5, 5.41) is 2.04. The van der Waals surface area contributed by atoms with Gasteiger partial charge in [0.05, 0.1) is 6.54 Å². The maximum atomic E-state index is 12.1. The van der Waals surface area contributed by atoms with Crippen LogP contribution in [0.25, 0.3) is 0 Å². The van der Waals surface area contributed by atoms with Crippen LogP contribution in [-0.2, 0) is 17.8 Å². The highest BCUT2D eigenvalue weighted by Gasteiger charge is 2.36. The number of hydrogen-bond acceptors (Lipinski definition) is 3. The second-order valence-electron chi connectivity index (χ2n) is 5.95. The Balaban J connectivity index is 1.47. The van der Waals surface area contributed by atoms with Crippen molar-refractivity contribution in [3.05, 3.63) is 46.0 Å². The standard InChI is InChI=1S/C17H21NO2S/c1-12-10-15(12)16-7-5-13(20-16)6-8-17(19)18(2)11-14-4-3-9-21-14/h3-5,7,9,12,15H,6,8,10-11H2,1-2H3/t12-,15-/m1/s1. The Hall–Kier alpha value is -1.55. The number of amides is 1. The predicted molar refractivity (Wildman–Crippen MR) is 84.3 cm³/mol. The van der Waals surface area contributed by atoms with E-state index in [4.69, 9.17) is 4.42 Å². The Morgan fingerprint density at radius 3 is 2.90 bits per heavy atom. The molecule has 2 aromatic heterocycles. The molecule has 0 bridgehead atoms. The molecule has 3 nitrogen and oxygen atoms in total. The van der Waals surface area contributed by atoms with Gasteiger partial charge in [0.25, 0.3) is 0 Å². The molecular formula is C17H21NO2S. The smallest absolute Gasteiger partial charge is 0.223 e. The van der Waals surface area contributed by atoms with E-state index in [9.17, 15) is 4.79 Å². The Morgan fingerprint density at radius 2 is 2.24 bits per heavy atom. The van der Waals surface area contributed by atoms with E-state index in [2.05, 4.69) is 19.1 Å². The highest BCUT2D eigenvalue weighted by Crippen LogP contribution is 2.47. The van der Waals surface area contributed by atoms with Gasteiger partial charge in [-0.25, -0.2) is 0 Å². The molecule has 21 heavy (non-hydrogen) atoms. The molecule has 2 atom stereocenters. The first kappa shape index (κ1) is 14.4. The molecule has 2 aromatic rings. The summed E-state index contributed by atoms with van der Waals surface area (Å²) < 4.78 is 5.85.